The molecular formula is C21H21N5O2S. The van der Waals surface area contributed by atoms with E-state index in [0.717, 1.165) is 21.7 Å². The molecule has 4 heterocycles. The summed E-state index contributed by atoms with van der Waals surface area (Å²) in [5.41, 5.74) is 4.29. The van der Waals surface area contributed by atoms with Crippen molar-refractivity contribution in [1.82, 2.24) is 25.2 Å². The van der Waals surface area contributed by atoms with E-state index in [1.54, 1.807) is 30.7 Å². The number of carbonyl (C=O) groups is 1. The van der Waals surface area contributed by atoms with Crippen molar-refractivity contribution in [3.8, 4) is 21.7 Å². The Kier molecular flexibility index (Phi) is 5.53. The van der Waals surface area contributed by atoms with Gasteiger partial charge in [0.1, 0.15) is 11.3 Å². The highest BCUT2D eigenvalue weighted by Gasteiger charge is 2.19. The molecule has 29 heavy (non-hydrogen) atoms. The monoisotopic (exact) mass is 407 g/mol. The molecule has 0 bridgehead atoms. The maximum absolute atomic E-state index is 12.6. The minimum absolute atomic E-state index is 0.167. The molecule has 0 aromatic carbocycles. The summed E-state index contributed by atoms with van der Waals surface area (Å²) in [5, 5.41) is 13.5. The second kappa shape index (κ2) is 8.40. The van der Waals surface area contributed by atoms with Gasteiger partial charge in [0.25, 0.3) is 5.91 Å². The first-order valence-electron chi connectivity index (χ1n) is 9.42. The molecule has 0 radical (unpaired) electrons. The molecule has 1 N–H and O–H groups in total. The Morgan fingerprint density at radius 1 is 1.28 bits per heavy atom. The highest BCUT2D eigenvalue weighted by Crippen LogP contribution is 2.34. The fourth-order valence-corrected chi connectivity index (χ4v) is 4.07. The summed E-state index contributed by atoms with van der Waals surface area (Å²) >= 11 is 1.66. The Morgan fingerprint density at radius 3 is 2.83 bits per heavy atom. The summed E-state index contributed by atoms with van der Waals surface area (Å²) in [6.45, 7) is 4.72. The molecular weight excluding hydrogens is 386 g/mol. The van der Waals surface area contributed by atoms with E-state index in [1.807, 2.05) is 41.4 Å². The zero-order valence-corrected chi connectivity index (χ0v) is 17.1. The van der Waals surface area contributed by atoms with Crippen molar-refractivity contribution in [2.24, 2.45) is 0 Å². The lowest BCUT2D eigenvalue weighted by atomic mass is 10.1. The number of rotatable bonds is 7. The average Bonchev–Trinajstić information content (AvgIpc) is 3.47. The fourth-order valence-electron chi connectivity index (χ4n) is 3.28. The molecule has 0 saturated carbocycles. The second-order valence-electron chi connectivity index (χ2n) is 6.52. The first-order chi connectivity index (χ1) is 14.2. The van der Waals surface area contributed by atoms with Gasteiger partial charge in [-0.25, -0.2) is 0 Å². The Balaban J connectivity index is 1.54. The lowest BCUT2D eigenvalue weighted by Gasteiger charge is -2.10. The minimum atomic E-state index is -0.167. The average molecular weight is 407 g/mol. The first-order valence-corrected chi connectivity index (χ1v) is 10.3. The van der Waals surface area contributed by atoms with Crippen LogP contribution in [0.5, 0.6) is 0 Å². The predicted octanol–water partition coefficient (Wildman–Crippen LogP) is 3.96. The van der Waals surface area contributed by atoms with Crippen LogP contribution in [0.2, 0.25) is 0 Å². The van der Waals surface area contributed by atoms with Crippen molar-refractivity contribution in [3.05, 3.63) is 65.3 Å². The van der Waals surface area contributed by atoms with Gasteiger partial charge in [-0.2, -0.15) is 5.10 Å². The van der Waals surface area contributed by atoms with E-state index >= 15 is 0 Å². The van der Waals surface area contributed by atoms with Crippen LogP contribution in [-0.2, 0) is 13.0 Å². The SMILES string of the molecule is CCc1onc(C)c1C(=O)NCCn1ncc(-c2ccncc2)c1-c1cccs1. The Bertz CT molecular complexity index is 1100. The van der Waals surface area contributed by atoms with Crippen molar-refractivity contribution in [2.75, 3.05) is 6.54 Å². The number of carbonyl (C=O) groups excluding carboxylic acids is 1. The van der Waals surface area contributed by atoms with Crippen LogP contribution in [0.25, 0.3) is 21.7 Å². The molecule has 148 valence electrons. The molecule has 7 nitrogen and oxygen atoms in total. The van der Waals surface area contributed by atoms with Crippen molar-refractivity contribution in [2.45, 2.75) is 26.8 Å². The van der Waals surface area contributed by atoms with E-state index in [-0.39, 0.29) is 5.91 Å². The zero-order valence-electron chi connectivity index (χ0n) is 16.3. The van der Waals surface area contributed by atoms with Gasteiger partial charge < -0.3 is 9.84 Å². The number of aromatic nitrogens is 4. The zero-order chi connectivity index (χ0) is 20.2. The van der Waals surface area contributed by atoms with Gasteiger partial charge in [-0.3, -0.25) is 14.5 Å². The smallest absolute Gasteiger partial charge is 0.256 e. The van der Waals surface area contributed by atoms with Crippen LogP contribution in [-0.4, -0.2) is 32.4 Å². The van der Waals surface area contributed by atoms with Gasteiger partial charge in [-0.15, -0.1) is 11.3 Å². The molecule has 4 aromatic heterocycles. The van der Waals surface area contributed by atoms with Gasteiger partial charge in [0.2, 0.25) is 0 Å². The summed E-state index contributed by atoms with van der Waals surface area (Å²) in [5.74, 6) is 0.443. The molecule has 0 spiro atoms. The Labute approximate surface area is 172 Å². The number of thiophene rings is 1. The fraction of sp³-hybridized carbons (Fsp3) is 0.238. The van der Waals surface area contributed by atoms with Crippen LogP contribution in [0.1, 0.15) is 28.7 Å². The maximum atomic E-state index is 12.6. The summed E-state index contributed by atoms with van der Waals surface area (Å²) in [6.07, 6.45) is 6.04. The molecule has 0 aliphatic heterocycles. The van der Waals surface area contributed by atoms with Gasteiger partial charge in [0.15, 0.2) is 0 Å². The van der Waals surface area contributed by atoms with Crippen molar-refractivity contribution < 1.29 is 9.32 Å². The number of aryl methyl sites for hydroxylation is 2. The number of hydrogen-bond acceptors (Lipinski definition) is 6. The van der Waals surface area contributed by atoms with Gasteiger partial charge in [0.05, 0.1) is 29.0 Å². The summed E-state index contributed by atoms with van der Waals surface area (Å²) in [6, 6.07) is 8.05. The molecule has 0 saturated heterocycles. The van der Waals surface area contributed by atoms with Crippen molar-refractivity contribution in [3.63, 3.8) is 0 Å². The molecule has 1 amide bonds. The summed E-state index contributed by atoms with van der Waals surface area (Å²) in [7, 11) is 0. The molecule has 4 aromatic rings. The highest BCUT2D eigenvalue weighted by molar-refractivity contribution is 7.13. The van der Waals surface area contributed by atoms with Gasteiger partial charge in [0, 0.05) is 30.9 Å². The largest absolute Gasteiger partial charge is 0.360 e. The van der Waals surface area contributed by atoms with E-state index in [1.165, 1.54) is 0 Å². The molecule has 0 fully saturated rings. The van der Waals surface area contributed by atoms with Crippen molar-refractivity contribution >= 4 is 17.2 Å². The van der Waals surface area contributed by atoms with Crippen LogP contribution in [0.3, 0.4) is 0 Å². The molecule has 0 aliphatic carbocycles. The number of hydrogen-bond donors (Lipinski definition) is 1. The van der Waals surface area contributed by atoms with Crippen LogP contribution >= 0.6 is 11.3 Å². The second-order valence-corrected chi connectivity index (χ2v) is 7.47. The minimum Gasteiger partial charge on any atom is -0.360 e. The molecule has 0 atom stereocenters. The number of pyridine rings is 1. The molecule has 4 rings (SSSR count). The first kappa shape index (κ1) is 19.1. The third kappa shape index (κ3) is 3.84. The van der Waals surface area contributed by atoms with E-state index in [4.69, 9.17) is 4.52 Å². The third-order valence-electron chi connectivity index (χ3n) is 4.68. The van der Waals surface area contributed by atoms with Gasteiger partial charge in [-0.05, 0) is 36.1 Å². The van der Waals surface area contributed by atoms with Gasteiger partial charge in [-0.1, -0.05) is 18.1 Å². The Morgan fingerprint density at radius 2 is 2.10 bits per heavy atom. The molecule has 0 unspecified atom stereocenters. The van der Waals surface area contributed by atoms with E-state index in [2.05, 4.69) is 26.6 Å². The standard InChI is InChI=1S/C21H21N5O2S/c1-3-17-19(14(2)25-28-17)21(27)23-10-11-26-20(18-5-4-12-29-18)16(13-24-26)15-6-8-22-9-7-15/h4-9,12-13H,3,10-11H2,1-2H3,(H,23,27). The van der Waals surface area contributed by atoms with E-state index in [9.17, 15) is 4.79 Å². The Hall–Kier alpha value is -3.26. The van der Waals surface area contributed by atoms with Crippen LogP contribution in [0.15, 0.2) is 52.8 Å². The van der Waals surface area contributed by atoms with Crippen LogP contribution < -0.4 is 5.32 Å². The third-order valence-corrected chi connectivity index (χ3v) is 5.55. The highest BCUT2D eigenvalue weighted by atomic mass is 32.1. The van der Waals surface area contributed by atoms with Crippen molar-refractivity contribution in [1.29, 1.82) is 0 Å². The normalized spacial score (nSPS) is 11.0. The lowest BCUT2D eigenvalue weighted by Crippen LogP contribution is -2.28. The predicted molar refractivity (Wildman–Crippen MR) is 112 cm³/mol. The molecule has 8 heteroatoms. The van der Waals surface area contributed by atoms with Gasteiger partial charge >= 0.3 is 0 Å². The maximum Gasteiger partial charge on any atom is 0.256 e. The lowest BCUT2D eigenvalue weighted by molar-refractivity contribution is 0.0949. The summed E-state index contributed by atoms with van der Waals surface area (Å²) in [4.78, 5) is 17.8. The summed E-state index contributed by atoms with van der Waals surface area (Å²) < 4.78 is 7.15. The van der Waals surface area contributed by atoms with Crippen LogP contribution in [0, 0.1) is 6.92 Å². The molecule has 0 aliphatic rings. The van der Waals surface area contributed by atoms with E-state index < -0.39 is 0 Å². The topological polar surface area (TPSA) is 85.8 Å². The number of nitrogens with zero attached hydrogens (tertiary/aromatic N) is 4. The van der Waals surface area contributed by atoms with Crippen LogP contribution in [0.4, 0.5) is 0 Å². The number of amides is 1. The number of nitrogens with one attached hydrogen (secondary N) is 1. The van der Waals surface area contributed by atoms with E-state index in [0.29, 0.717) is 36.5 Å². The quantitative estimate of drug-likeness (QED) is 0.501.